The minimum absolute atomic E-state index is 0.0648. The fourth-order valence-corrected chi connectivity index (χ4v) is 0.850. The molecular weight excluding hydrogens is 204 g/mol. The molecule has 0 fully saturated rings. The lowest BCUT2D eigenvalue weighted by atomic mass is 10.2. The van der Waals surface area contributed by atoms with Crippen LogP contribution in [0, 0.1) is 11.8 Å². The predicted octanol–water partition coefficient (Wildman–Crippen LogP) is 2.78. The second-order valence-corrected chi connectivity index (χ2v) is 3.29. The van der Waals surface area contributed by atoms with E-state index in [0.717, 1.165) is 12.8 Å². The largest absolute Gasteiger partial charge is 0.356 e. The fraction of sp³-hybridized carbons (Fsp3) is 0.769. The molecule has 3 nitrogen and oxygen atoms in total. The maximum atomic E-state index is 9.72. The molecule has 0 spiro atoms. The highest BCUT2D eigenvalue weighted by Crippen LogP contribution is 2.00. The molecule has 0 aromatic carbocycles. The zero-order chi connectivity index (χ0) is 12.6. The van der Waals surface area contributed by atoms with E-state index in [9.17, 15) is 4.79 Å². The van der Waals surface area contributed by atoms with Crippen LogP contribution < -0.4 is 0 Å². The van der Waals surface area contributed by atoms with Crippen molar-refractivity contribution in [2.45, 2.75) is 52.2 Å². The van der Waals surface area contributed by atoms with Crippen LogP contribution in [0.2, 0.25) is 0 Å². The summed E-state index contributed by atoms with van der Waals surface area (Å²) >= 11 is 0. The van der Waals surface area contributed by atoms with E-state index in [0.29, 0.717) is 6.29 Å². The van der Waals surface area contributed by atoms with Crippen LogP contribution in [0.4, 0.5) is 0 Å². The molecule has 0 radical (unpaired) electrons. The Morgan fingerprint density at radius 3 is 2.19 bits per heavy atom. The Labute approximate surface area is 99.5 Å². The number of unbranched alkanes of at least 4 members (excludes halogenated alkanes) is 4. The molecule has 0 unspecified atom stereocenters. The van der Waals surface area contributed by atoms with Crippen molar-refractivity contribution < 1.29 is 14.3 Å². The average Bonchev–Trinajstić information content (AvgIpc) is 2.33. The molecule has 0 N–H and O–H groups in total. The van der Waals surface area contributed by atoms with E-state index < -0.39 is 0 Å². The first-order valence-electron chi connectivity index (χ1n) is 5.70. The molecule has 94 valence electrons. The van der Waals surface area contributed by atoms with Gasteiger partial charge in [0, 0.05) is 20.6 Å². The van der Waals surface area contributed by atoms with Gasteiger partial charge in [-0.15, -0.1) is 0 Å². The summed E-state index contributed by atoms with van der Waals surface area (Å²) in [6.45, 7) is 4.01. The van der Waals surface area contributed by atoms with Crippen LogP contribution in [0.3, 0.4) is 0 Å². The third kappa shape index (κ3) is 18.8. The molecule has 0 aromatic heterocycles. The predicted molar refractivity (Wildman–Crippen MR) is 66.1 cm³/mol. The van der Waals surface area contributed by atoms with Gasteiger partial charge in [0.2, 0.25) is 0 Å². The molecule has 0 heterocycles. The summed E-state index contributed by atoms with van der Waals surface area (Å²) in [5, 5.41) is 0. The Bertz CT molecular complexity index is 187. The first-order valence-corrected chi connectivity index (χ1v) is 5.70. The van der Waals surface area contributed by atoms with Gasteiger partial charge in [0.1, 0.15) is 0 Å². The summed E-state index contributed by atoms with van der Waals surface area (Å²) in [4.78, 5) is 9.72. The summed E-state index contributed by atoms with van der Waals surface area (Å²) in [5.74, 6) is 5.17. The van der Waals surface area contributed by atoms with E-state index in [2.05, 4.69) is 28.2 Å². The number of methoxy groups -OCH3 is 2. The van der Waals surface area contributed by atoms with Gasteiger partial charge in [0.05, 0.1) is 0 Å². The highest BCUT2D eigenvalue weighted by Gasteiger charge is 1.88. The Morgan fingerprint density at radius 2 is 1.81 bits per heavy atom. The van der Waals surface area contributed by atoms with Crippen molar-refractivity contribution in [1.29, 1.82) is 0 Å². The summed E-state index contributed by atoms with van der Waals surface area (Å²) in [6, 6.07) is 0. The number of hydrogen-bond acceptors (Lipinski definition) is 3. The lowest BCUT2D eigenvalue weighted by Crippen LogP contribution is -2.05. The van der Waals surface area contributed by atoms with Gasteiger partial charge in [-0.2, -0.15) is 0 Å². The lowest BCUT2D eigenvalue weighted by molar-refractivity contribution is -0.103. The molecule has 0 aliphatic rings. The smallest absolute Gasteiger partial charge is 0.192 e. The number of aldehydes is 1. The van der Waals surface area contributed by atoms with E-state index in [1.165, 1.54) is 19.3 Å². The van der Waals surface area contributed by atoms with Crippen molar-refractivity contribution in [3.63, 3.8) is 0 Å². The van der Waals surface area contributed by atoms with E-state index in [1.54, 1.807) is 14.2 Å². The average molecular weight is 228 g/mol. The second kappa shape index (κ2) is 16.6. The first-order chi connectivity index (χ1) is 7.72. The lowest BCUT2D eigenvalue weighted by Gasteiger charge is -2.03. The summed E-state index contributed by atoms with van der Waals surface area (Å²) in [5.41, 5.74) is 0. The molecule has 0 aliphatic heterocycles. The van der Waals surface area contributed by atoms with E-state index in [4.69, 9.17) is 0 Å². The molecule has 0 aromatic rings. The van der Waals surface area contributed by atoms with Gasteiger partial charge in [-0.25, -0.2) is 0 Å². The number of ether oxygens (including phenoxy) is 2. The normalized spacial score (nSPS) is 8.81. The van der Waals surface area contributed by atoms with Crippen molar-refractivity contribution in [1.82, 2.24) is 0 Å². The number of rotatable bonds is 6. The van der Waals surface area contributed by atoms with Gasteiger partial charge in [-0.1, -0.05) is 32.1 Å². The van der Waals surface area contributed by atoms with Crippen LogP contribution in [0.25, 0.3) is 0 Å². The molecule has 0 rings (SSSR count). The first kappa shape index (κ1) is 17.5. The molecule has 0 atom stereocenters. The van der Waals surface area contributed by atoms with Gasteiger partial charge in [-0.3, -0.25) is 4.79 Å². The summed E-state index contributed by atoms with van der Waals surface area (Å²) in [7, 11) is 3.21. The molecule has 16 heavy (non-hydrogen) atoms. The molecule has 0 aliphatic carbocycles. The van der Waals surface area contributed by atoms with Crippen molar-refractivity contribution in [3.8, 4) is 11.8 Å². The number of hydrogen-bond donors (Lipinski definition) is 0. The number of carbonyl (C=O) groups is 1. The van der Waals surface area contributed by atoms with Crippen LogP contribution >= 0.6 is 0 Å². The van der Waals surface area contributed by atoms with Gasteiger partial charge in [-0.05, 0) is 19.3 Å². The van der Waals surface area contributed by atoms with Crippen molar-refractivity contribution in [2.24, 2.45) is 0 Å². The molecule has 0 saturated heterocycles. The zero-order valence-electron chi connectivity index (χ0n) is 10.9. The third-order valence-corrected chi connectivity index (χ3v) is 1.98. The number of carbonyl (C=O) groups excluding carboxylic acids is 1. The minimum atomic E-state index is -0.0648. The van der Waals surface area contributed by atoms with Gasteiger partial charge >= 0.3 is 0 Å². The van der Waals surface area contributed by atoms with Crippen LogP contribution in [0.15, 0.2) is 0 Å². The second-order valence-electron chi connectivity index (χ2n) is 3.29. The van der Waals surface area contributed by atoms with Crippen molar-refractivity contribution in [3.05, 3.63) is 0 Å². The van der Waals surface area contributed by atoms with Crippen LogP contribution in [0.1, 0.15) is 46.0 Å². The highest BCUT2D eigenvalue weighted by molar-refractivity contribution is 5.72. The van der Waals surface area contributed by atoms with E-state index in [1.807, 2.05) is 6.92 Å². The maximum absolute atomic E-state index is 9.72. The van der Waals surface area contributed by atoms with E-state index in [-0.39, 0.29) is 6.29 Å². The topological polar surface area (TPSA) is 35.5 Å². The summed E-state index contributed by atoms with van der Waals surface area (Å²) in [6.07, 6.45) is 6.37. The third-order valence-electron chi connectivity index (χ3n) is 1.98. The Kier molecular flexibility index (Phi) is 18.2. The van der Waals surface area contributed by atoms with Crippen molar-refractivity contribution in [2.75, 3.05) is 14.2 Å². The van der Waals surface area contributed by atoms with Gasteiger partial charge in [0.25, 0.3) is 0 Å². The fourth-order valence-electron chi connectivity index (χ4n) is 0.850. The highest BCUT2D eigenvalue weighted by atomic mass is 16.7. The van der Waals surface area contributed by atoms with Crippen LogP contribution in [0.5, 0.6) is 0 Å². The standard InChI is InChI=1S/C9H14O.C4H10O2/c1-2-3-4-5-6-7-8-9-10;1-4(5-2)6-3/h9H,2-6H2,1H3;4H,1-3H3. The molecule has 0 saturated carbocycles. The molecule has 0 bridgehead atoms. The monoisotopic (exact) mass is 228 g/mol. The van der Waals surface area contributed by atoms with E-state index >= 15 is 0 Å². The SMILES string of the molecule is CCCCCCC#CC=O.COC(C)OC. The quantitative estimate of drug-likeness (QED) is 0.303. The van der Waals surface area contributed by atoms with Gasteiger partial charge < -0.3 is 9.47 Å². The maximum Gasteiger partial charge on any atom is 0.192 e. The zero-order valence-corrected chi connectivity index (χ0v) is 10.9. The van der Waals surface area contributed by atoms with Crippen LogP contribution in [-0.2, 0) is 14.3 Å². The minimum Gasteiger partial charge on any atom is -0.356 e. The molecule has 0 amide bonds. The summed E-state index contributed by atoms with van der Waals surface area (Å²) < 4.78 is 9.35. The van der Waals surface area contributed by atoms with Crippen LogP contribution in [-0.4, -0.2) is 26.8 Å². The molecular formula is C13H24O3. The Hall–Kier alpha value is -0.850. The van der Waals surface area contributed by atoms with Crippen molar-refractivity contribution >= 4 is 6.29 Å². The molecule has 3 heteroatoms. The Balaban J connectivity index is 0. The van der Waals surface area contributed by atoms with Gasteiger partial charge in [0.15, 0.2) is 12.6 Å². The Morgan fingerprint density at radius 1 is 1.19 bits per heavy atom.